The molecular formula is C13H16N2O3S2. The predicted molar refractivity (Wildman–Crippen MR) is 79.4 cm³/mol. The molecule has 1 unspecified atom stereocenters. The molecule has 1 aromatic rings. The minimum atomic E-state index is -3.03. The first-order valence-electron chi connectivity index (χ1n) is 6.22. The van der Waals surface area contributed by atoms with Gasteiger partial charge in [0.25, 0.3) is 5.91 Å². The molecule has 1 fully saturated rings. The molecule has 1 atom stereocenters. The first-order chi connectivity index (χ1) is 9.44. The van der Waals surface area contributed by atoms with Crippen molar-refractivity contribution in [1.82, 2.24) is 4.90 Å². The SMILES string of the molecule is CC1CS(=O)(=O)CCN1C(=O)c1sccc1C#CCN. The first kappa shape index (κ1) is 15.0. The van der Waals surface area contributed by atoms with E-state index in [0.29, 0.717) is 10.4 Å². The van der Waals surface area contributed by atoms with E-state index >= 15 is 0 Å². The number of thiophene rings is 1. The van der Waals surface area contributed by atoms with E-state index in [-0.39, 0.29) is 36.5 Å². The van der Waals surface area contributed by atoms with Gasteiger partial charge in [-0.3, -0.25) is 4.79 Å². The molecule has 1 aromatic heterocycles. The van der Waals surface area contributed by atoms with Gasteiger partial charge in [0.05, 0.1) is 18.1 Å². The second-order valence-corrected chi connectivity index (χ2v) is 7.78. The van der Waals surface area contributed by atoms with Gasteiger partial charge in [0.2, 0.25) is 0 Å². The van der Waals surface area contributed by atoms with Crippen molar-refractivity contribution < 1.29 is 13.2 Å². The number of hydrogen-bond acceptors (Lipinski definition) is 5. The summed E-state index contributed by atoms with van der Waals surface area (Å²) in [4.78, 5) is 14.7. The lowest BCUT2D eigenvalue weighted by Gasteiger charge is -2.32. The van der Waals surface area contributed by atoms with Crippen LogP contribution in [0.25, 0.3) is 0 Å². The van der Waals surface area contributed by atoms with Gasteiger partial charge in [0.15, 0.2) is 9.84 Å². The molecular weight excluding hydrogens is 296 g/mol. The third-order valence-electron chi connectivity index (χ3n) is 3.12. The molecule has 2 heterocycles. The van der Waals surface area contributed by atoms with Crippen LogP contribution in [0, 0.1) is 11.8 Å². The normalized spacial score (nSPS) is 21.1. The second-order valence-electron chi connectivity index (χ2n) is 4.63. The van der Waals surface area contributed by atoms with Gasteiger partial charge in [0.1, 0.15) is 4.88 Å². The Morgan fingerprint density at radius 2 is 2.35 bits per heavy atom. The van der Waals surface area contributed by atoms with E-state index in [4.69, 9.17) is 5.73 Å². The summed E-state index contributed by atoms with van der Waals surface area (Å²) in [6, 6.07) is 1.48. The van der Waals surface area contributed by atoms with E-state index in [1.54, 1.807) is 23.3 Å². The molecule has 20 heavy (non-hydrogen) atoms. The average Bonchev–Trinajstić information content (AvgIpc) is 2.82. The lowest BCUT2D eigenvalue weighted by molar-refractivity contribution is 0.0717. The van der Waals surface area contributed by atoms with Crippen molar-refractivity contribution in [2.45, 2.75) is 13.0 Å². The van der Waals surface area contributed by atoms with Gasteiger partial charge in [0, 0.05) is 18.2 Å². The number of sulfone groups is 1. The Labute approximate surface area is 122 Å². The molecule has 1 aliphatic heterocycles. The van der Waals surface area contributed by atoms with Crippen LogP contribution in [0.15, 0.2) is 11.4 Å². The molecule has 0 aliphatic carbocycles. The Bertz CT molecular complexity index is 667. The van der Waals surface area contributed by atoms with E-state index in [9.17, 15) is 13.2 Å². The minimum Gasteiger partial charge on any atom is -0.333 e. The van der Waals surface area contributed by atoms with Gasteiger partial charge in [-0.25, -0.2) is 8.42 Å². The fourth-order valence-electron chi connectivity index (χ4n) is 2.15. The molecule has 2 N–H and O–H groups in total. The predicted octanol–water partition coefficient (Wildman–Crippen LogP) is 0.317. The van der Waals surface area contributed by atoms with Crippen LogP contribution < -0.4 is 5.73 Å². The Balaban J connectivity index is 2.22. The molecule has 108 valence electrons. The average molecular weight is 312 g/mol. The summed E-state index contributed by atoms with van der Waals surface area (Å²) in [5.41, 5.74) is 5.99. The van der Waals surface area contributed by atoms with E-state index in [0.717, 1.165) is 0 Å². The lowest BCUT2D eigenvalue weighted by atomic mass is 10.2. The van der Waals surface area contributed by atoms with Crippen molar-refractivity contribution in [2.24, 2.45) is 5.73 Å². The van der Waals surface area contributed by atoms with Gasteiger partial charge < -0.3 is 10.6 Å². The standard InChI is InChI=1S/C13H16N2O3S2/c1-10-9-20(17,18)8-6-15(10)13(16)12-11(3-2-5-14)4-7-19-12/h4,7,10H,5-6,8-9,14H2,1H3. The van der Waals surface area contributed by atoms with Crippen LogP contribution in [0.5, 0.6) is 0 Å². The molecule has 0 aromatic carbocycles. The molecule has 7 heteroatoms. The summed E-state index contributed by atoms with van der Waals surface area (Å²) in [6.07, 6.45) is 0. The highest BCUT2D eigenvalue weighted by molar-refractivity contribution is 7.91. The fourth-order valence-corrected chi connectivity index (χ4v) is 4.51. The first-order valence-corrected chi connectivity index (χ1v) is 8.92. The van der Waals surface area contributed by atoms with Crippen molar-refractivity contribution in [3.05, 3.63) is 21.9 Å². The third-order valence-corrected chi connectivity index (χ3v) is 5.81. The van der Waals surface area contributed by atoms with E-state index in [1.807, 2.05) is 0 Å². The summed E-state index contributed by atoms with van der Waals surface area (Å²) in [7, 11) is -3.03. The maximum atomic E-state index is 12.5. The van der Waals surface area contributed by atoms with E-state index in [1.165, 1.54) is 11.3 Å². The Morgan fingerprint density at radius 3 is 3.00 bits per heavy atom. The molecule has 0 radical (unpaired) electrons. The summed E-state index contributed by atoms with van der Waals surface area (Å²) >= 11 is 1.32. The number of rotatable bonds is 1. The molecule has 1 aliphatic rings. The van der Waals surface area contributed by atoms with Gasteiger partial charge in [-0.1, -0.05) is 11.8 Å². The molecule has 0 bridgehead atoms. The monoisotopic (exact) mass is 312 g/mol. The second kappa shape index (κ2) is 5.95. The number of nitrogens with two attached hydrogens (primary N) is 1. The largest absolute Gasteiger partial charge is 0.333 e. The van der Waals surface area contributed by atoms with Crippen molar-refractivity contribution in [3.63, 3.8) is 0 Å². The van der Waals surface area contributed by atoms with Crippen molar-refractivity contribution in [2.75, 3.05) is 24.6 Å². The third kappa shape index (κ3) is 3.20. The highest BCUT2D eigenvalue weighted by Gasteiger charge is 2.32. The van der Waals surface area contributed by atoms with Crippen LogP contribution in [0.3, 0.4) is 0 Å². The Kier molecular flexibility index (Phi) is 4.48. The zero-order valence-corrected chi connectivity index (χ0v) is 12.8. The molecule has 0 spiro atoms. The fraction of sp³-hybridized carbons (Fsp3) is 0.462. The summed E-state index contributed by atoms with van der Waals surface area (Å²) in [5, 5.41) is 1.80. The summed E-state index contributed by atoms with van der Waals surface area (Å²) in [5.74, 6) is 5.50. The summed E-state index contributed by atoms with van der Waals surface area (Å²) in [6.45, 7) is 2.24. The summed E-state index contributed by atoms with van der Waals surface area (Å²) < 4.78 is 23.1. The topological polar surface area (TPSA) is 80.5 Å². The van der Waals surface area contributed by atoms with Crippen molar-refractivity contribution in [3.8, 4) is 11.8 Å². The molecule has 2 rings (SSSR count). The number of carbonyl (C=O) groups excluding carboxylic acids is 1. The number of nitrogens with zero attached hydrogens (tertiary/aromatic N) is 1. The van der Waals surface area contributed by atoms with Crippen molar-refractivity contribution >= 4 is 27.1 Å². The van der Waals surface area contributed by atoms with E-state index in [2.05, 4.69) is 11.8 Å². The highest BCUT2D eigenvalue weighted by Crippen LogP contribution is 2.21. The molecule has 5 nitrogen and oxygen atoms in total. The maximum Gasteiger partial charge on any atom is 0.265 e. The van der Waals surface area contributed by atoms with Crippen LogP contribution in [-0.2, 0) is 9.84 Å². The lowest BCUT2D eigenvalue weighted by Crippen LogP contribution is -2.49. The Morgan fingerprint density at radius 1 is 1.60 bits per heavy atom. The minimum absolute atomic E-state index is 0.0218. The highest BCUT2D eigenvalue weighted by atomic mass is 32.2. The van der Waals surface area contributed by atoms with Gasteiger partial charge >= 0.3 is 0 Å². The quantitative estimate of drug-likeness (QED) is 0.757. The van der Waals surface area contributed by atoms with Gasteiger partial charge in [-0.2, -0.15) is 0 Å². The molecule has 1 saturated heterocycles. The zero-order valence-electron chi connectivity index (χ0n) is 11.1. The van der Waals surface area contributed by atoms with Gasteiger partial charge in [-0.15, -0.1) is 11.3 Å². The molecule has 1 amide bonds. The van der Waals surface area contributed by atoms with Crippen LogP contribution in [-0.4, -0.2) is 49.9 Å². The Hall–Kier alpha value is -1.36. The maximum absolute atomic E-state index is 12.5. The smallest absolute Gasteiger partial charge is 0.265 e. The number of amides is 1. The number of hydrogen-bond donors (Lipinski definition) is 1. The van der Waals surface area contributed by atoms with Crippen molar-refractivity contribution in [1.29, 1.82) is 0 Å². The van der Waals surface area contributed by atoms with Crippen LogP contribution >= 0.6 is 11.3 Å². The zero-order chi connectivity index (χ0) is 14.8. The van der Waals surface area contributed by atoms with Gasteiger partial charge in [-0.05, 0) is 18.4 Å². The van der Waals surface area contributed by atoms with E-state index < -0.39 is 9.84 Å². The van der Waals surface area contributed by atoms with Crippen LogP contribution in [0.2, 0.25) is 0 Å². The van der Waals surface area contributed by atoms with Crippen LogP contribution in [0.4, 0.5) is 0 Å². The number of carbonyl (C=O) groups is 1. The van der Waals surface area contributed by atoms with Crippen LogP contribution in [0.1, 0.15) is 22.2 Å². The molecule has 0 saturated carbocycles.